The van der Waals surface area contributed by atoms with Crippen molar-refractivity contribution in [2.45, 2.75) is 32.6 Å². The second kappa shape index (κ2) is 5.08. The van der Waals surface area contributed by atoms with E-state index in [0.29, 0.717) is 25.8 Å². The maximum absolute atomic E-state index is 11.4. The summed E-state index contributed by atoms with van der Waals surface area (Å²) >= 11 is 0. The number of nitrogens with zero attached hydrogens (tertiary/aromatic N) is 2. The van der Waals surface area contributed by atoms with Crippen LogP contribution in [0.5, 0.6) is 0 Å². The molecule has 1 aliphatic heterocycles. The van der Waals surface area contributed by atoms with E-state index in [9.17, 15) is 9.59 Å². The van der Waals surface area contributed by atoms with Crippen LogP contribution < -0.4 is 0 Å². The highest BCUT2D eigenvalue weighted by atomic mass is 16.2. The number of hydrogen-bond acceptors (Lipinski definition) is 3. The molecular formula is C13H16N2O2. The van der Waals surface area contributed by atoms with Crippen LogP contribution >= 0.6 is 0 Å². The lowest BCUT2D eigenvalue weighted by molar-refractivity contribution is -0.138. The number of amides is 2. The van der Waals surface area contributed by atoms with Gasteiger partial charge >= 0.3 is 0 Å². The lowest BCUT2D eigenvalue weighted by Crippen LogP contribution is -2.31. The van der Waals surface area contributed by atoms with Gasteiger partial charge in [-0.25, -0.2) is 0 Å². The molecule has 2 heterocycles. The molecule has 17 heavy (non-hydrogen) atoms. The number of aryl methyl sites for hydroxylation is 1. The quantitative estimate of drug-likeness (QED) is 0.736. The van der Waals surface area contributed by atoms with E-state index < -0.39 is 0 Å². The molecule has 1 aromatic rings. The summed E-state index contributed by atoms with van der Waals surface area (Å²) < 4.78 is 0. The predicted molar refractivity (Wildman–Crippen MR) is 63.3 cm³/mol. The molecule has 0 saturated carbocycles. The average molecular weight is 232 g/mol. The summed E-state index contributed by atoms with van der Waals surface area (Å²) in [7, 11) is 0. The molecule has 1 saturated heterocycles. The van der Waals surface area contributed by atoms with Gasteiger partial charge in [0.1, 0.15) is 0 Å². The molecule has 1 aromatic heterocycles. The summed E-state index contributed by atoms with van der Waals surface area (Å²) in [5.74, 6) is -0.111. The fourth-order valence-corrected chi connectivity index (χ4v) is 1.91. The fraction of sp³-hybridized carbons (Fsp3) is 0.462. The van der Waals surface area contributed by atoms with Crippen molar-refractivity contribution >= 4 is 11.8 Å². The summed E-state index contributed by atoms with van der Waals surface area (Å²) in [5, 5.41) is 0. The lowest BCUT2D eigenvalue weighted by atomic mass is 10.2. The molecule has 0 spiro atoms. The van der Waals surface area contributed by atoms with E-state index in [1.54, 1.807) is 0 Å². The molecule has 0 bridgehead atoms. The van der Waals surface area contributed by atoms with Crippen LogP contribution in [0.3, 0.4) is 0 Å². The highest BCUT2D eigenvalue weighted by Gasteiger charge is 2.28. The lowest BCUT2D eigenvalue weighted by Gasteiger charge is -2.12. The summed E-state index contributed by atoms with van der Waals surface area (Å²) in [4.78, 5) is 28.4. The zero-order valence-corrected chi connectivity index (χ0v) is 9.98. The minimum absolute atomic E-state index is 0.0554. The van der Waals surface area contributed by atoms with Crippen LogP contribution in [0, 0.1) is 0 Å². The summed E-state index contributed by atoms with van der Waals surface area (Å²) in [5.41, 5.74) is 2.12. The normalized spacial score (nSPS) is 15.7. The van der Waals surface area contributed by atoms with Gasteiger partial charge in [0.2, 0.25) is 11.8 Å². The highest BCUT2D eigenvalue weighted by molar-refractivity contribution is 6.01. The Bertz CT molecular complexity index is 410. The van der Waals surface area contributed by atoms with E-state index in [1.807, 2.05) is 18.3 Å². The molecule has 0 aromatic carbocycles. The summed E-state index contributed by atoms with van der Waals surface area (Å²) in [6, 6.07) is 4.00. The maximum atomic E-state index is 11.4. The number of imide groups is 1. The Labute approximate surface area is 101 Å². The third-order valence-electron chi connectivity index (χ3n) is 3.04. The molecule has 0 unspecified atom stereocenters. The number of pyridine rings is 1. The predicted octanol–water partition coefficient (Wildman–Crippen LogP) is 1.34. The van der Waals surface area contributed by atoms with Crippen molar-refractivity contribution in [1.29, 1.82) is 0 Å². The maximum Gasteiger partial charge on any atom is 0.229 e. The van der Waals surface area contributed by atoms with Crippen molar-refractivity contribution in [2.24, 2.45) is 0 Å². The Morgan fingerprint density at radius 2 is 1.94 bits per heavy atom. The van der Waals surface area contributed by atoms with Crippen LogP contribution in [0.25, 0.3) is 0 Å². The zero-order chi connectivity index (χ0) is 12.3. The molecule has 1 fully saturated rings. The Morgan fingerprint density at radius 3 is 2.47 bits per heavy atom. The second-order valence-corrected chi connectivity index (χ2v) is 4.20. The third kappa shape index (κ3) is 2.70. The van der Waals surface area contributed by atoms with Crippen molar-refractivity contribution in [1.82, 2.24) is 9.88 Å². The van der Waals surface area contributed by atoms with E-state index in [-0.39, 0.29) is 11.8 Å². The smallest absolute Gasteiger partial charge is 0.229 e. The van der Waals surface area contributed by atoms with Crippen LogP contribution in [-0.4, -0.2) is 28.2 Å². The number of aromatic nitrogens is 1. The van der Waals surface area contributed by atoms with Crippen LogP contribution in [0.15, 0.2) is 18.3 Å². The Kier molecular flexibility index (Phi) is 3.52. The van der Waals surface area contributed by atoms with E-state index in [4.69, 9.17) is 0 Å². The number of carbonyl (C=O) groups is 2. The van der Waals surface area contributed by atoms with Crippen LogP contribution in [0.4, 0.5) is 0 Å². The van der Waals surface area contributed by atoms with Gasteiger partial charge < -0.3 is 0 Å². The van der Waals surface area contributed by atoms with E-state index >= 15 is 0 Å². The first-order chi connectivity index (χ1) is 8.20. The first-order valence-corrected chi connectivity index (χ1v) is 5.97. The third-order valence-corrected chi connectivity index (χ3v) is 3.04. The Morgan fingerprint density at radius 1 is 1.24 bits per heavy atom. The zero-order valence-electron chi connectivity index (χ0n) is 9.98. The molecule has 0 atom stereocenters. The first kappa shape index (κ1) is 11.8. The SMILES string of the molecule is CCc1ccc(CCN2C(=O)CCC2=O)nc1. The fourth-order valence-electron chi connectivity index (χ4n) is 1.91. The first-order valence-electron chi connectivity index (χ1n) is 5.97. The van der Waals surface area contributed by atoms with Crippen LogP contribution in [-0.2, 0) is 22.4 Å². The van der Waals surface area contributed by atoms with Gasteiger partial charge in [0, 0.05) is 37.7 Å². The molecule has 1 aliphatic rings. The summed E-state index contributed by atoms with van der Waals surface area (Å²) in [6.45, 7) is 2.54. The number of rotatable bonds is 4. The van der Waals surface area contributed by atoms with E-state index in [0.717, 1.165) is 12.1 Å². The van der Waals surface area contributed by atoms with Gasteiger partial charge in [-0.15, -0.1) is 0 Å². The van der Waals surface area contributed by atoms with Crippen LogP contribution in [0.2, 0.25) is 0 Å². The van der Waals surface area contributed by atoms with Crippen LogP contribution in [0.1, 0.15) is 31.0 Å². The van der Waals surface area contributed by atoms with Gasteiger partial charge in [0.05, 0.1) is 0 Å². The molecule has 0 N–H and O–H groups in total. The van der Waals surface area contributed by atoms with E-state index in [1.165, 1.54) is 10.5 Å². The minimum Gasteiger partial charge on any atom is -0.282 e. The Hall–Kier alpha value is -1.71. The van der Waals surface area contributed by atoms with Crippen molar-refractivity contribution in [3.63, 3.8) is 0 Å². The van der Waals surface area contributed by atoms with Crippen molar-refractivity contribution in [2.75, 3.05) is 6.54 Å². The topological polar surface area (TPSA) is 50.3 Å². The molecular weight excluding hydrogens is 216 g/mol. The Balaban J connectivity index is 1.93. The van der Waals surface area contributed by atoms with Gasteiger partial charge in [-0.05, 0) is 18.1 Å². The summed E-state index contributed by atoms with van der Waals surface area (Å²) in [6.07, 6.45) is 4.18. The van der Waals surface area contributed by atoms with Crippen molar-refractivity contribution in [3.8, 4) is 0 Å². The second-order valence-electron chi connectivity index (χ2n) is 4.20. The molecule has 0 radical (unpaired) electrons. The average Bonchev–Trinajstić information content (AvgIpc) is 2.67. The number of hydrogen-bond donors (Lipinski definition) is 0. The molecule has 4 nitrogen and oxygen atoms in total. The van der Waals surface area contributed by atoms with Gasteiger partial charge in [0.25, 0.3) is 0 Å². The minimum atomic E-state index is -0.0554. The van der Waals surface area contributed by atoms with Gasteiger partial charge in [-0.2, -0.15) is 0 Å². The van der Waals surface area contributed by atoms with E-state index in [2.05, 4.69) is 11.9 Å². The standard InChI is InChI=1S/C13H16N2O2/c1-2-10-3-4-11(14-9-10)7-8-15-12(16)5-6-13(15)17/h3-4,9H,2,5-8H2,1H3. The number of likely N-dealkylation sites (tertiary alicyclic amines) is 1. The highest BCUT2D eigenvalue weighted by Crippen LogP contribution is 2.12. The molecule has 2 amide bonds. The molecule has 0 aliphatic carbocycles. The van der Waals surface area contributed by atoms with Crippen molar-refractivity contribution in [3.05, 3.63) is 29.6 Å². The van der Waals surface area contributed by atoms with Gasteiger partial charge in [0.15, 0.2) is 0 Å². The molecule has 4 heteroatoms. The monoisotopic (exact) mass is 232 g/mol. The van der Waals surface area contributed by atoms with Gasteiger partial charge in [-0.3, -0.25) is 19.5 Å². The molecule has 2 rings (SSSR count). The largest absolute Gasteiger partial charge is 0.282 e. The van der Waals surface area contributed by atoms with Crippen molar-refractivity contribution < 1.29 is 9.59 Å². The molecule has 90 valence electrons. The van der Waals surface area contributed by atoms with Gasteiger partial charge in [-0.1, -0.05) is 13.0 Å². The number of carbonyl (C=O) groups excluding carboxylic acids is 2.